The van der Waals surface area contributed by atoms with E-state index in [9.17, 15) is 9.18 Å². The van der Waals surface area contributed by atoms with Crippen molar-refractivity contribution in [3.05, 3.63) is 66.6 Å². The van der Waals surface area contributed by atoms with Gasteiger partial charge in [0.1, 0.15) is 5.82 Å². The summed E-state index contributed by atoms with van der Waals surface area (Å²) in [6, 6.07) is 17.7. The zero-order chi connectivity index (χ0) is 19.9. The fraction of sp³-hybridized carbons (Fsp3) is 0.190. The van der Waals surface area contributed by atoms with E-state index in [2.05, 4.69) is 4.98 Å². The molecule has 0 aliphatic heterocycles. The Morgan fingerprint density at radius 3 is 2.61 bits per heavy atom. The van der Waals surface area contributed by atoms with Crippen LogP contribution >= 0.6 is 11.8 Å². The quantitative estimate of drug-likeness (QED) is 0.562. The average Bonchev–Trinajstić information content (AvgIpc) is 3.09. The van der Waals surface area contributed by atoms with Crippen molar-refractivity contribution in [3.8, 4) is 17.3 Å². The fourth-order valence-corrected chi connectivity index (χ4v) is 3.62. The highest BCUT2D eigenvalue weighted by Crippen LogP contribution is 2.25. The molecule has 0 unspecified atom stereocenters. The second-order valence-corrected chi connectivity index (χ2v) is 7.01. The Hall–Kier alpha value is -3.11. The van der Waals surface area contributed by atoms with Gasteiger partial charge >= 0.3 is 0 Å². The molecule has 1 aromatic heterocycles. The van der Waals surface area contributed by atoms with E-state index >= 15 is 0 Å². The van der Waals surface area contributed by atoms with Crippen LogP contribution in [-0.4, -0.2) is 27.8 Å². The molecule has 142 valence electrons. The van der Waals surface area contributed by atoms with Crippen molar-refractivity contribution in [3.63, 3.8) is 0 Å². The number of hydrogen-bond acceptors (Lipinski definition) is 4. The molecule has 7 heteroatoms. The third kappa shape index (κ3) is 4.59. The van der Waals surface area contributed by atoms with Crippen LogP contribution in [0.15, 0.2) is 66.0 Å². The summed E-state index contributed by atoms with van der Waals surface area (Å²) in [6.45, 7) is 0.261. The summed E-state index contributed by atoms with van der Waals surface area (Å²) in [5, 5.41) is 9.61. The summed E-state index contributed by atoms with van der Waals surface area (Å²) in [5.41, 5.74) is 2.60. The van der Waals surface area contributed by atoms with Crippen LogP contribution in [0, 0.1) is 17.1 Å². The first kappa shape index (κ1) is 19.6. The number of rotatable bonds is 7. The van der Waals surface area contributed by atoms with Gasteiger partial charge in [-0.1, -0.05) is 42.1 Å². The number of anilines is 1. The average molecular weight is 394 g/mol. The molecule has 0 atom stereocenters. The van der Waals surface area contributed by atoms with Gasteiger partial charge in [0, 0.05) is 19.3 Å². The molecule has 0 bridgehead atoms. The maximum absolute atomic E-state index is 13.2. The largest absolute Gasteiger partial charge is 0.322 e. The van der Waals surface area contributed by atoms with Gasteiger partial charge < -0.3 is 9.47 Å². The van der Waals surface area contributed by atoms with Crippen molar-refractivity contribution < 1.29 is 9.18 Å². The van der Waals surface area contributed by atoms with Crippen molar-refractivity contribution in [2.75, 3.05) is 17.2 Å². The van der Waals surface area contributed by atoms with Crippen LogP contribution in [-0.2, 0) is 11.8 Å². The number of imidazole rings is 1. The monoisotopic (exact) mass is 394 g/mol. The fourth-order valence-electron chi connectivity index (χ4n) is 2.79. The molecule has 3 rings (SSSR count). The van der Waals surface area contributed by atoms with Crippen molar-refractivity contribution in [1.82, 2.24) is 9.55 Å². The lowest BCUT2D eigenvalue weighted by atomic mass is 10.2. The third-order valence-electron chi connectivity index (χ3n) is 4.23. The molecule has 0 N–H and O–H groups in total. The summed E-state index contributed by atoms with van der Waals surface area (Å²) in [6.07, 6.45) is 1.99. The second kappa shape index (κ2) is 9.20. The molecule has 0 saturated carbocycles. The second-order valence-electron chi connectivity index (χ2n) is 6.07. The maximum Gasteiger partial charge on any atom is 0.237 e. The van der Waals surface area contributed by atoms with E-state index < -0.39 is 0 Å². The normalized spacial score (nSPS) is 10.5. The van der Waals surface area contributed by atoms with Crippen molar-refractivity contribution in [1.29, 1.82) is 5.26 Å². The predicted octanol–water partition coefficient (Wildman–Crippen LogP) is 4.27. The van der Waals surface area contributed by atoms with Gasteiger partial charge in [-0.2, -0.15) is 5.26 Å². The lowest BCUT2D eigenvalue weighted by Gasteiger charge is -2.21. The topological polar surface area (TPSA) is 61.9 Å². The third-order valence-corrected chi connectivity index (χ3v) is 5.26. The van der Waals surface area contributed by atoms with Crippen molar-refractivity contribution in [2.24, 2.45) is 7.05 Å². The number of carbonyl (C=O) groups excluding carboxylic acids is 1. The van der Waals surface area contributed by atoms with Gasteiger partial charge in [0.2, 0.25) is 5.91 Å². The number of thioether (sulfide) groups is 1. The van der Waals surface area contributed by atoms with Gasteiger partial charge in [-0.3, -0.25) is 4.79 Å². The van der Waals surface area contributed by atoms with E-state index in [0.717, 1.165) is 16.4 Å². The highest BCUT2D eigenvalue weighted by atomic mass is 32.2. The first-order valence-electron chi connectivity index (χ1n) is 8.73. The van der Waals surface area contributed by atoms with Crippen LogP contribution in [0.1, 0.15) is 6.42 Å². The van der Waals surface area contributed by atoms with E-state index in [1.165, 1.54) is 28.8 Å². The molecule has 28 heavy (non-hydrogen) atoms. The Bertz CT molecular complexity index is 980. The minimum absolute atomic E-state index is 0.156. The first-order chi connectivity index (χ1) is 13.6. The van der Waals surface area contributed by atoms with Crippen LogP contribution < -0.4 is 4.90 Å². The molecule has 0 saturated heterocycles. The molecule has 1 heterocycles. The van der Waals surface area contributed by atoms with Crippen molar-refractivity contribution >= 4 is 23.4 Å². The number of benzene rings is 2. The van der Waals surface area contributed by atoms with E-state index in [4.69, 9.17) is 5.26 Å². The van der Waals surface area contributed by atoms with Gasteiger partial charge in [0.25, 0.3) is 0 Å². The smallest absolute Gasteiger partial charge is 0.237 e. The molecule has 0 aliphatic carbocycles. The molecule has 2 aromatic carbocycles. The Labute approximate surface area is 167 Å². The maximum atomic E-state index is 13.2. The van der Waals surface area contributed by atoms with Crippen LogP contribution in [0.4, 0.5) is 10.1 Å². The van der Waals surface area contributed by atoms with E-state index in [1.54, 1.807) is 18.3 Å². The standard InChI is InChI=1S/C21H19FN4OS/c1-25-19(16-6-3-2-4-7-16)14-24-21(25)28-15-20(27)26(13-5-12-23)18-10-8-17(22)9-11-18/h2-4,6-11,14H,5,13,15H2,1H3. The zero-order valence-electron chi connectivity index (χ0n) is 15.4. The number of nitrogens with zero attached hydrogens (tertiary/aromatic N) is 4. The van der Waals surface area contributed by atoms with E-state index in [-0.39, 0.29) is 30.4 Å². The van der Waals surface area contributed by atoms with Gasteiger partial charge in [-0.15, -0.1) is 0 Å². The number of hydrogen-bond donors (Lipinski definition) is 0. The lowest BCUT2D eigenvalue weighted by Crippen LogP contribution is -2.33. The Morgan fingerprint density at radius 2 is 1.93 bits per heavy atom. The molecular weight excluding hydrogens is 375 g/mol. The minimum Gasteiger partial charge on any atom is -0.322 e. The molecule has 0 spiro atoms. The van der Waals surface area contributed by atoms with Gasteiger partial charge in [-0.25, -0.2) is 9.37 Å². The van der Waals surface area contributed by atoms with Crippen LogP contribution in [0.25, 0.3) is 11.3 Å². The Kier molecular flexibility index (Phi) is 6.45. The Balaban J connectivity index is 1.72. The predicted molar refractivity (Wildman–Crippen MR) is 108 cm³/mol. The molecular formula is C21H19FN4OS. The number of halogens is 1. The molecule has 0 fully saturated rings. The van der Waals surface area contributed by atoms with Crippen molar-refractivity contribution in [2.45, 2.75) is 11.6 Å². The van der Waals surface area contributed by atoms with Gasteiger partial charge in [0.05, 0.1) is 30.1 Å². The Morgan fingerprint density at radius 1 is 1.21 bits per heavy atom. The lowest BCUT2D eigenvalue weighted by molar-refractivity contribution is -0.116. The molecule has 1 amide bonds. The van der Waals surface area contributed by atoms with E-state index in [0.29, 0.717) is 5.69 Å². The first-order valence-corrected chi connectivity index (χ1v) is 9.71. The number of nitriles is 1. The molecule has 5 nitrogen and oxygen atoms in total. The SMILES string of the molecule is Cn1c(-c2ccccc2)cnc1SCC(=O)N(CCC#N)c1ccc(F)cc1. The summed E-state index contributed by atoms with van der Waals surface area (Å²) in [7, 11) is 1.91. The van der Waals surface area contributed by atoms with Crippen LogP contribution in [0.5, 0.6) is 0 Å². The van der Waals surface area contributed by atoms with Gasteiger partial charge in [0.15, 0.2) is 5.16 Å². The summed E-state index contributed by atoms with van der Waals surface area (Å²) in [5.74, 6) is -0.356. The molecule has 0 aliphatic rings. The zero-order valence-corrected chi connectivity index (χ0v) is 16.2. The van der Waals surface area contributed by atoms with Gasteiger partial charge in [-0.05, 0) is 29.8 Å². The summed E-state index contributed by atoms with van der Waals surface area (Å²) >= 11 is 1.33. The highest BCUT2D eigenvalue weighted by molar-refractivity contribution is 7.99. The van der Waals surface area contributed by atoms with Crippen LogP contribution in [0.3, 0.4) is 0 Å². The molecule has 0 radical (unpaired) electrons. The summed E-state index contributed by atoms with van der Waals surface area (Å²) < 4.78 is 15.1. The van der Waals surface area contributed by atoms with Crippen LogP contribution in [0.2, 0.25) is 0 Å². The summed E-state index contributed by atoms with van der Waals surface area (Å²) in [4.78, 5) is 18.7. The number of carbonyl (C=O) groups is 1. The van der Waals surface area contributed by atoms with E-state index in [1.807, 2.05) is 48.0 Å². The highest BCUT2D eigenvalue weighted by Gasteiger charge is 2.18. The molecule has 3 aromatic rings. The number of aromatic nitrogens is 2. The minimum atomic E-state index is -0.368. The number of amides is 1.